The summed E-state index contributed by atoms with van der Waals surface area (Å²) in [6, 6.07) is 4.42. The minimum absolute atomic E-state index is 0.0404. The predicted molar refractivity (Wildman–Crippen MR) is 66.7 cm³/mol. The first-order valence-electron chi connectivity index (χ1n) is 4.56. The Labute approximate surface area is 118 Å². The number of aromatic nitrogens is 2. The molecule has 1 aromatic heterocycles. The summed E-state index contributed by atoms with van der Waals surface area (Å²) in [5.41, 5.74) is -0.572. The third-order valence-electron chi connectivity index (χ3n) is 2.08. The molecule has 0 unspecified atom stereocenters. The number of H-pyrrole nitrogens is 1. The van der Waals surface area contributed by atoms with E-state index in [0.717, 1.165) is 0 Å². The highest BCUT2D eigenvalue weighted by Gasteiger charge is 2.36. The Morgan fingerprint density at radius 2 is 1.67 bits per heavy atom. The maximum atomic E-state index is 12.6. The van der Waals surface area contributed by atoms with Crippen LogP contribution in [0.15, 0.2) is 22.8 Å². The van der Waals surface area contributed by atoms with E-state index >= 15 is 0 Å². The molecule has 0 fully saturated rings. The largest absolute Gasteiger partial charge is 0.433 e. The van der Waals surface area contributed by atoms with Gasteiger partial charge >= 0.3 is 6.18 Å². The van der Waals surface area contributed by atoms with Crippen molar-refractivity contribution < 1.29 is 13.2 Å². The van der Waals surface area contributed by atoms with E-state index in [1.807, 2.05) is 0 Å². The van der Waals surface area contributed by atoms with E-state index in [1.54, 1.807) is 0 Å². The Balaban J connectivity index is 2.52. The van der Waals surface area contributed by atoms with E-state index in [0.29, 0.717) is 15.6 Å². The SMILES string of the molecule is FC(F)(F)c1[nH]c(-c2cc(Cl)cc(Cl)c2)nc1Br. The highest BCUT2D eigenvalue weighted by Crippen LogP contribution is 2.35. The second-order valence-electron chi connectivity index (χ2n) is 3.41. The third-order valence-corrected chi connectivity index (χ3v) is 3.09. The van der Waals surface area contributed by atoms with Gasteiger partial charge in [0.15, 0.2) is 5.69 Å². The average Bonchev–Trinajstić information content (AvgIpc) is 2.58. The number of imidazole rings is 1. The summed E-state index contributed by atoms with van der Waals surface area (Å²) in [6.07, 6.45) is -4.51. The molecule has 0 atom stereocenters. The normalized spacial score (nSPS) is 11.9. The van der Waals surface area contributed by atoms with Crippen LogP contribution < -0.4 is 0 Å². The quantitative estimate of drug-likeness (QED) is 0.748. The predicted octanol–water partition coefficient (Wildman–Crippen LogP) is 5.16. The van der Waals surface area contributed by atoms with E-state index in [2.05, 4.69) is 25.9 Å². The smallest absolute Gasteiger partial charge is 0.333 e. The summed E-state index contributed by atoms with van der Waals surface area (Å²) in [5.74, 6) is 0.0404. The van der Waals surface area contributed by atoms with Crippen LogP contribution in [0.1, 0.15) is 5.69 Å². The number of aromatic amines is 1. The number of nitrogens with zero attached hydrogens (tertiary/aromatic N) is 1. The van der Waals surface area contributed by atoms with E-state index in [9.17, 15) is 13.2 Å². The van der Waals surface area contributed by atoms with E-state index in [4.69, 9.17) is 23.2 Å². The molecule has 0 aliphatic rings. The van der Waals surface area contributed by atoms with E-state index in [1.165, 1.54) is 18.2 Å². The Morgan fingerprint density at radius 1 is 1.11 bits per heavy atom. The van der Waals surface area contributed by atoms with Crippen LogP contribution in [0.25, 0.3) is 11.4 Å². The molecule has 0 bridgehead atoms. The summed E-state index contributed by atoms with van der Waals surface area (Å²) in [5, 5.41) is 0.636. The molecule has 2 aromatic rings. The maximum absolute atomic E-state index is 12.6. The summed E-state index contributed by atoms with van der Waals surface area (Å²) in [6.45, 7) is 0. The summed E-state index contributed by atoms with van der Waals surface area (Å²) < 4.78 is 37.4. The first-order chi connectivity index (χ1) is 8.27. The molecule has 2 nitrogen and oxygen atoms in total. The van der Waals surface area contributed by atoms with Crippen molar-refractivity contribution in [1.82, 2.24) is 9.97 Å². The van der Waals surface area contributed by atoms with Gasteiger partial charge in [0, 0.05) is 15.6 Å². The maximum Gasteiger partial charge on any atom is 0.433 e. The highest BCUT2D eigenvalue weighted by atomic mass is 79.9. The fourth-order valence-corrected chi connectivity index (χ4v) is 2.39. The van der Waals surface area contributed by atoms with Crippen molar-refractivity contribution >= 4 is 39.1 Å². The minimum Gasteiger partial charge on any atom is -0.333 e. The number of halogens is 6. The minimum atomic E-state index is -4.51. The van der Waals surface area contributed by atoms with Crippen LogP contribution in [0.3, 0.4) is 0 Å². The van der Waals surface area contributed by atoms with Crippen molar-refractivity contribution in [2.75, 3.05) is 0 Å². The van der Waals surface area contributed by atoms with Crippen molar-refractivity contribution in [3.8, 4) is 11.4 Å². The lowest BCUT2D eigenvalue weighted by Crippen LogP contribution is -2.06. The Morgan fingerprint density at radius 3 is 2.11 bits per heavy atom. The molecule has 8 heteroatoms. The summed E-state index contributed by atoms with van der Waals surface area (Å²) in [7, 11) is 0. The monoisotopic (exact) mass is 358 g/mol. The standard InChI is InChI=1S/C10H4BrCl2F3N2/c11-8-7(10(14,15)16)17-9(18-8)4-1-5(12)3-6(13)2-4/h1-3H,(H,17,18). The zero-order chi connectivity index (χ0) is 13.5. The van der Waals surface area contributed by atoms with E-state index in [-0.39, 0.29) is 10.4 Å². The molecule has 0 saturated carbocycles. The number of rotatable bonds is 1. The van der Waals surface area contributed by atoms with Crippen LogP contribution in [0.4, 0.5) is 13.2 Å². The fraction of sp³-hybridized carbons (Fsp3) is 0.100. The van der Waals surface area contributed by atoms with Crippen molar-refractivity contribution in [3.63, 3.8) is 0 Å². The van der Waals surface area contributed by atoms with Gasteiger partial charge < -0.3 is 4.98 Å². The van der Waals surface area contributed by atoms with Gasteiger partial charge in [-0.3, -0.25) is 0 Å². The molecule has 0 spiro atoms. The van der Waals surface area contributed by atoms with Crippen molar-refractivity contribution in [3.05, 3.63) is 38.5 Å². The van der Waals surface area contributed by atoms with Crippen LogP contribution >= 0.6 is 39.1 Å². The van der Waals surface area contributed by atoms with Gasteiger partial charge in [-0.1, -0.05) is 23.2 Å². The molecule has 1 N–H and O–H groups in total. The average molecular weight is 360 g/mol. The number of nitrogens with one attached hydrogen (secondary N) is 1. The van der Waals surface area contributed by atoms with Crippen LogP contribution in [0.5, 0.6) is 0 Å². The molecule has 96 valence electrons. The number of benzene rings is 1. The van der Waals surface area contributed by atoms with Gasteiger partial charge in [0.05, 0.1) is 0 Å². The van der Waals surface area contributed by atoms with Crippen molar-refractivity contribution in [1.29, 1.82) is 0 Å². The molecule has 0 saturated heterocycles. The van der Waals surface area contributed by atoms with Gasteiger partial charge in [-0.25, -0.2) is 4.98 Å². The van der Waals surface area contributed by atoms with Gasteiger partial charge in [0.1, 0.15) is 10.4 Å². The molecule has 18 heavy (non-hydrogen) atoms. The fourth-order valence-electron chi connectivity index (χ4n) is 1.37. The summed E-state index contributed by atoms with van der Waals surface area (Å²) in [4.78, 5) is 5.95. The Kier molecular flexibility index (Phi) is 3.62. The summed E-state index contributed by atoms with van der Waals surface area (Å²) >= 11 is 14.3. The third kappa shape index (κ3) is 2.81. The molecule has 1 heterocycles. The zero-order valence-electron chi connectivity index (χ0n) is 8.45. The molecule has 0 aliphatic heterocycles. The molecule has 1 aromatic carbocycles. The zero-order valence-corrected chi connectivity index (χ0v) is 11.5. The molecule has 2 rings (SSSR count). The molecular weight excluding hydrogens is 356 g/mol. The molecule has 0 amide bonds. The Bertz CT molecular complexity index is 575. The highest BCUT2D eigenvalue weighted by molar-refractivity contribution is 9.10. The van der Waals surface area contributed by atoms with Crippen LogP contribution in [0.2, 0.25) is 10.0 Å². The van der Waals surface area contributed by atoms with Crippen LogP contribution in [-0.4, -0.2) is 9.97 Å². The van der Waals surface area contributed by atoms with Gasteiger partial charge in [-0.05, 0) is 34.1 Å². The van der Waals surface area contributed by atoms with Gasteiger partial charge in [0.25, 0.3) is 0 Å². The van der Waals surface area contributed by atoms with Gasteiger partial charge in [-0.2, -0.15) is 13.2 Å². The van der Waals surface area contributed by atoms with Crippen molar-refractivity contribution in [2.45, 2.75) is 6.18 Å². The van der Waals surface area contributed by atoms with Crippen molar-refractivity contribution in [2.24, 2.45) is 0 Å². The van der Waals surface area contributed by atoms with E-state index < -0.39 is 11.9 Å². The van der Waals surface area contributed by atoms with Crippen LogP contribution in [0, 0.1) is 0 Å². The van der Waals surface area contributed by atoms with Crippen LogP contribution in [-0.2, 0) is 6.18 Å². The van der Waals surface area contributed by atoms with Gasteiger partial charge in [0.2, 0.25) is 0 Å². The lowest BCUT2D eigenvalue weighted by Gasteiger charge is -2.03. The number of hydrogen-bond acceptors (Lipinski definition) is 1. The number of alkyl halides is 3. The topological polar surface area (TPSA) is 28.7 Å². The second-order valence-corrected chi connectivity index (χ2v) is 5.03. The lowest BCUT2D eigenvalue weighted by molar-refractivity contribution is -0.141. The van der Waals surface area contributed by atoms with Gasteiger partial charge in [-0.15, -0.1) is 0 Å². The second kappa shape index (κ2) is 4.75. The molecule has 0 aliphatic carbocycles. The number of hydrogen-bond donors (Lipinski definition) is 1. The first kappa shape index (κ1) is 13.7. The Hall–Kier alpha value is -0.720. The first-order valence-corrected chi connectivity index (χ1v) is 6.11. The lowest BCUT2D eigenvalue weighted by atomic mass is 10.2. The molecule has 0 radical (unpaired) electrons. The molecular formula is C10H4BrCl2F3N2.